The summed E-state index contributed by atoms with van der Waals surface area (Å²) in [5.74, 6) is -0.212. The normalized spacial score (nSPS) is 11.1. The summed E-state index contributed by atoms with van der Waals surface area (Å²) in [6.45, 7) is 4.55. The number of ether oxygens (including phenoxy) is 1. The van der Waals surface area contributed by atoms with Crippen LogP contribution in [0.3, 0.4) is 0 Å². The molecular weight excluding hydrogens is 248 g/mol. The summed E-state index contributed by atoms with van der Waals surface area (Å²) in [6, 6.07) is 0. The SMILES string of the molecule is CCCCCCCCCCCCCC=CC(=O)OCC. The van der Waals surface area contributed by atoms with Gasteiger partial charge in [0.25, 0.3) is 0 Å². The van der Waals surface area contributed by atoms with E-state index in [0.717, 1.165) is 6.42 Å². The molecule has 0 aromatic heterocycles. The minimum absolute atomic E-state index is 0.212. The zero-order valence-electron chi connectivity index (χ0n) is 13.7. The van der Waals surface area contributed by atoms with Gasteiger partial charge in [0.1, 0.15) is 0 Å². The molecule has 0 heterocycles. The van der Waals surface area contributed by atoms with Crippen molar-refractivity contribution in [2.45, 2.75) is 90.9 Å². The third-order valence-electron chi connectivity index (χ3n) is 3.51. The van der Waals surface area contributed by atoms with E-state index in [4.69, 9.17) is 4.74 Å². The Balaban J connectivity index is 3.11. The summed E-state index contributed by atoms with van der Waals surface area (Å²) in [5, 5.41) is 0. The van der Waals surface area contributed by atoms with Gasteiger partial charge in [-0.2, -0.15) is 0 Å². The van der Waals surface area contributed by atoms with Gasteiger partial charge in [0.15, 0.2) is 0 Å². The molecule has 0 aliphatic heterocycles. The molecule has 2 nitrogen and oxygen atoms in total. The van der Waals surface area contributed by atoms with E-state index < -0.39 is 0 Å². The first-order chi connectivity index (χ1) is 9.81. The monoisotopic (exact) mass is 282 g/mol. The van der Waals surface area contributed by atoms with Crippen LogP contribution in [0.2, 0.25) is 0 Å². The Morgan fingerprint density at radius 1 is 0.800 bits per heavy atom. The average molecular weight is 282 g/mol. The molecule has 20 heavy (non-hydrogen) atoms. The second-order valence-electron chi connectivity index (χ2n) is 5.48. The molecule has 0 saturated carbocycles. The highest BCUT2D eigenvalue weighted by molar-refractivity contribution is 5.81. The van der Waals surface area contributed by atoms with E-state index >= 15 is 0 Å². The molecule has 0 amide bonds. The minimum Gasteiger partial charge on any atom is -0.463 e. The van der Waals surface area contributed by atoms with Crippen molar-refractivity contribution in [3.05, 3.63) is 12.2 Å². The number of carbonyl (C=O) groups excluding carboxylic acids is 1. The van der Waals surface area contributed by atoms with Crippen LogP contribution in [-0.2, 0) is 9.53 Å². The van der Waals surface area contributed by atoms with Gasteiger partial charge in [-0.15, -0.1) is 0 Å². The molecule has 118 valence electrons. The number of unbranched alkanes of at least 4 members (excludes halogenated alkanes) is 11. The molecule has 0 aromatic rings. The molecule has 0 aliphatic rings. The third kappa shape index (κ3) is 15.3. The summed E-state index contributed by atoms with van der Waals surface area (Å²) in [6.07, 6.45) is 19.5. The number of esters is 1. The summed E-state index contributed by atoms with van der Waals surface area (Å²) in [7, 11) is 0. The molecule has 0 radical (unpaired) electrons. The van der Waals surface area contributed by atoms with Gasteiger partial charge in [-0.1, -0.05) is 77.2 Å². The summed E-state index contributed by atoms with van der Waals surface area (Å²) in [5.41, 5.74) is 0. The van der Waals surface area contributed by atoms with Crippen LogP contribution >= 0.6 is 0 Å². The maximum Gasteiger partial charge on any atom is 0.330 e. The number of allylic oxidation sites excluding steroid dienone is 1. The average Bonchev–Trinajstić information content (AvgIpc) is 2.44. The van der Waals surface area contributed by atoms with E-state index in [2.05, 4.69) is 6.92 Å². The summed E-state index contributed by atoms with van der Waals surface area (Å²) < 4.78 is 4.82. The van der Waals surface area contributed by atoms with E-state index in [0.29, 0.717) is 6.61 Å². The van der Waals surface area contributed by atoms with Crippen molar-refractivity contribution < 1.29 is 9.53 Å². The number of hydrogen-bond donors (Lipinski definition) is 0. The van der Waals surface area contributed by atoms with Crippen molar-refractivity contribution in [1.29, 1.82) is 0 Å². The first-order valence-corrected chi connectivity index (χ1v) is 8.64. The van der Waals surface area contributed by atoms with E-state index in [1.807, 2.05) is 13.0 Å². The predicted molar refractivity (Wildman–Crippen MR) is 86.9 cm³/mol. The Labute approximate surface area is 126 Å². The van der Waals surface area contributed by atoms with Gasteiger partial charge in [-0.3, -0.25) is 0 Å². The predicted octanol–water partition coefficient (Wildman–Crippen LogP) is 5.81. The van der Waals surface area contributed by atoms with Crippen LogP contribution in [0.1, 0.15) is 90.9 Å². The molecule has 0 aliphatic carbocycles. The molecular formula is C18H34O2. The van der Waals surface area contributed by atoms with Crippen LogP contribution in [0.4, 0.5) is 0 Å². The molecule has 0 N–H and O–H groups in total. The minimum atomic E-state index is -0.212. The zero-order chi connectivity index (χ0) is 14.9. The largest absolute Gasteiger partial charge is 0.463 e. The highest BCUT2D eigenvalue weighted by atomic mass is 16.5. The zero-order valence-corrected chi connectivity index (χ0v) is 13.7. The first kappa shape index (κ1) is 19.2. The Morgan fingerprint density at radius 3 is 1.80 bits per heavy atom. The Kier molecular flexibility index (Phi) is 15.6. The molecule has 0 aromatic carbocycles. The van der Waals surface area contributed by atoms with Crippen molar-refractivity contribution in [2.75, 3.05) is 6.61 Å². The smallest absolute Gasteiger partial charge is 0.330 e. The Hall–Kier alpha value is -0.790. The number of carbonyl (C=O) groups is 1. The summed E-state index contributed by atoms with van der Waals surface area (Å²) in [4.78, 5) is 11.0. The van der Waals surface area contributed by atoms with Crippen LogP contribution in [0.25, 0.3) is 0 Å². The van der Waals surface area contributed by atoms with Crippen molar-refractivity contribution in [1.82, 2.24) is 0 Å². The van der Waals surface area contributed by atoms with Crippen LogP contribution in [-0.4, -0.2) is 12.6 Å². The fourth-order valence-corrected chi connectivity index (χ4v) is 2.30. The van der Waals surface area contributed by atoms with Crippen molar-refractivity contribution in [3.63, 3.8) is 0 Å². The van der Waals surface area contributed by atoms with Crippen LogP contribution in [0.15, 0.2) is 12.2 Å². The fraction of sp³-hybridized carbons (Fsp3) is 0.833. The molecule has 0 saturated heterocycles. The van der Waals surface area contributed by atoms with Crippen molar-refractivity contribution in [2.24, 2.45) is 0 Å². The molecule has 0 rings (SSSR count). The highest BCUT2D eigenvalue weighted by Crippen LogP contribution is 2.11. The van der Waals surface area contributed by atoms with Gasteiger partial charge in [0.05, 0.1) is 6.61 Å². The van der Waals surface area contributed by atoms with Crippen LogP contribution in [0.5, 0.6) is 0 Å². The first-order valence-electron chi connectivity index (χ1n) is 8.64. The highest BCUT2D eigenvalue weighted by Gasteiger charge is 1.94. The third-order valence-corrected chi connectivity index (χ3v) is 3.51. The van der Waals surface area contributed by atoms with Crippen molar-refractivity contribution >= 4 is 5.97 Å². The van der Waals surface area contributed by atoms with Crippen LogP contribution in [0, 0.1) is 0 Å². The van der Waals surface area contributed by atoms with Gasteiger partial charge in [-0.05, 0) is 19.8 Å². The topological polar surface area (TPSA) is 26.3 Å². The Bertz CT molecular complexity index is 234. The van der Waals surface area contributed by atoms with Crippen LogP contribution < -0.4 is 0 Å². The second kappa shape index (κ2) is 16.3. The lowest BCUT2D eigenvalue weighted by molar-refractivity contribution is -0.137. The van der Waals surface area contributed by atoms with E-state index in [9.17, 15) is 4.79 Å². The molecule has 2 heteroatoms. The lowest BCUT2D eigenvalue weighted by atomic mass is 10.1. The van der Waals surface area contributed by atoms with Gasteiger partial charge >= 0.3 is 5.97 Å². The standard InChI is InChI=1S/C18H34O2/c1-3-5-6-7-8-9-10-11-12-13-14-15-16-17-18(19)20-4-2/h16-17H,3-15H2,1-2H3. The molecule has 0 spiro atoms. The van der Waals surface area contributed by atoms with E-state index in [1.165, 1.54) is 70.6 Å². The van der Waals surface area contributed by atoms with E-state index in [1.54, 1.807) is 6.08 Å². The molecule has 0 atom stereocenters. The Morgan fingerprint density at radius 2 is 1.30 bits per heavy atom. The molecule has 0 bridgehead atoms. The van der Waals surface area contributed by atoms with Gasteiger partial charge in [-0.25, -0.2) is 4.79 Å². The van der Waals surface area contributed by atoms with Crippen molar-refractivity contribution in [3.8, 4) is 0 Å². The van der Waals surface area contributed by atoms with Gasteiger partial charge in [0, 0.05) is 6.08 Å². The van der Waals surface area contributed by atoms with Gasteiger partial charge in [0.2, 0.25) is 0 Å². The van der Waals surface area contributed by atoms with Gasteiger partial charge < -0.3 is 4.74 Å². The maximum atomic E-state index is 11.0. The summed E-state index contributed by atoms with van der Waals surface area (Å²) >= 11 is 0. The number of hydrogen-bond acceptors (Lipinski definition) is 2. The second-order valence-corrected chi connectivity index (χ2v) is 5.48. The molecule has 0 unspecified atom stereocenters. The number of rotatable bonds is 14. The lowest BCUT2D eigenvalue weighted by Crippen LogP contribution is -1.98. The quantitative estimate of drug-likeness (QED) is 0.228. The van der Waals surface area contributed by atoms with E-state index in [-0.39, 0.29) is 5.97 Å². The lowest BCUT2D eigenvalue weighted by Gasteiger charge is -2.01. The molecule has 0 fully saturated rings. The fourth-order valence-electron chi connectivity index (χ4n) is 2.30. The maximum absolute atomic E-state index is 11.0.